The van der Waals surface area contributed by atoms with E-state index in [2.05, 4.69) is 47.8 Å². The van der Waals surface area contributed by atoms with E-state index in [0.717, 1.165) is 19.0 Å². The lowest BCUT2D eigenvalue weighted by atomic mass is 9.87. The van der Waals surface area contributed by atoms with Crippen LogP contribution in [0.4, 0.5) is 0 Å². The van der Waals surface area contributed by atoms with E-state index < -0.39 is 0 Å². The minimum atomic E-state index is 0.706. The molecule has 1 aliphatic rings. The predicted octanol–water partition coefficient (Wildman–Crippen LogP) is 3.72. The number of aromatic nitrogens is 2. The van der Waals surface area contributed by atoms with E-state index >= 15 is 0 Å². The van der Waals surface area contributed by atoms with Gasteiger partial charge in [-0.2, -0.15) is 5.10 Å². The summed E-state index contributed by atoms with van der Waals surface area (Å²) in [5, 5.41) is 8.16. The van der Waals surface area contributed by atoms with Gasteiger partial charge in [0.2, 0.25) is 0 Å². The number of hydrogen-bond acceptors (Lipinski definition) is 2. The van der Waals surface area contributed by atoms with E-state index in [0.29, 0.717) is 6.04 Å². The van der Waals surface area contributed by atoms with Crippen molar-refractivity contribution >= 4 is 0 Å². The first-order valence-corrected chi connectivity index (χ1v) is 8.12. The Morgan fingerprint density at radius 3 is 2.86 bits per heavy atom. The molecule has 1 aliphatic carbocycles. The van der Waals surface area contributed by atoms with Crippen molar-refractivity contribution < 1.29 is 0 Å². The van der Waals surface area contributed by atoms with Crippen molar-refractivity contribution in [1.82, 2.24) is 15.1 Å². The fourth-order valence-corrected chi connectivity index (χ4v) is 3.27. The Bertz CT molecular complexity index is 547. The molecule has 2 unspecified atom stereocenters. The van der Waals surface area contributed by atoms with Crippen molar-refractivity contribution in [3.05, 3.63) is 42.7 Å². The molecule has 3 nitrogen and oxygen atoms in total. The average Bonchev–Trinajstić information content (AvgIpc) is 2.97. The summed E-state index contributed by atoms with van der Waals surface area (Å²) in [4.78, 5) is 0. The molecule has 2 atom stereocenters. The van der Waals surface area contributed by atoms with Gasteiger partial charge >= 0.3 is 0 Å². The third-order valence-electron chi connectivity index (χ3n) is 4.45. The minimum Gasteiger partial charge on any atom is -0.312 e. The number of benzene rings is 1. The Balaban J connectivity index is 1.49. The highest BCUT2D eigenvalue weighted by atomic mass is 15.3. The first-order chi connectivity index (χ1) is 10.3. The maximum Gasteiger partial charge on any atom is 0.0568 e. The molecule has 112 valence electrons. The summed E-state index contributed by atoms with van der Waals surface area (Å²) in [5.74, 6) is 0.880. The summed E-state index contributed by atoms with van der Waals surface area (Å²) in [7, 11) is 0. The molecule has 3 heteroatoms. The summed E-state index contributed by atoms with van der Waals surface area (Å²) < 4.78 is 2.04. The summed E-state index contributed by atoms with van der Waals surface area (Å²) in [6.07, 6.45) is 9.53. The van der Waals surface area contributed by atoms with Crippen molar-refractivity contribution in [2.24, 2.45) is 5.92 Å². The van der Waals surface area contributed by atoms with Gasteiger partial charge in [0.1, 0.15) is 0 Å². The predicted molar refractivity (Wildman–Crippen MR) is 87.1 cm³/mol. The third kappa shape index (κ3) is 3.94. The normalized spacial score (nSPS) is 22.3. The largest absolute Gasteiger partial charge is 0.312 e. The van der Waals surface area contributed by atoms with Gasteiger partial charge in [0.25, 0.3) is 0 Å². The summed E-state index contributed by atoms with van der Waals surface area (Å²) in [6.45, 7) is 4.32. The van der Waals surface area contributed by atoms with Crippen molar-refractivity contribution in [1.29, 1.82) is 0 Å². The highest BCUT2D eigenvalue weighted by Gasteiger charge is 2.17. The van der Waals surface area contributed by atoms with Crippen LogP contribution in [0.1, 0.15) is 32.6 Å². The second-order valence-corrected chi connectivity index (χ2v) is 6.28. The zero-order chi connectivity index (χ0) is 14.5. The molecule has 0 radical (unpaired) electrons. The van der Waals surface area contributed by atoms with Gasteiger partial charge in [-0.1, -0.05) is 50.1 Å². The molecular formula is C18H25N3. The molecule has 21 heavy (non-hydrogen) atoms. The zero-order valence-electron chi connectivity index (χ0n) is 12.8. The molecule has 1 saturated carbocycles. The molecule has 3 rings (SSSR count). The molecule has 0 saturated heterocycles. The number of hydrogen-bond donors (Lipinski definition) is 1. The number of nitrogens with zero attached hydrogens (tertiary/aromatic N) is 2. The first kappa shape index (κ1) is 14.3. The molecular weight excluding hydrogens is 258 g/mol. The van der Waals surface area contributed by atoms with Gasteiger partial charge in [-0.15, -0.1) is 0 Å². The van der Waals surface area contributed by atoms with Crippen LogP contribution in [0.3, 0.4) is 0 Å². The van der Waals surface area contributed by atoms with Crippen LogP contribution in [0, 0.1) is 5.92 Å². The van der Waals surface area contributed by atoms with Crippen molar-refractivity contribution in [2.75, 3.05) is 6.54 Å². The first-order valence-electron chi connectivity index (χ1n) is 8.12. The van der Waals surface area contributed by atoms with Crippen LogP contribution in [-0.2, 0) is 6.54 Å². The lowest BCUT2D eigenvalue weighted by Crippen LogP contribution is -2.35. The van der Waals surface area contributed by atoms with Gasteiger partial charge < -0.3 is 5.32 Å². The van der Waals surface area contributed by atoms with E-state index in [9.17, 15) is 0 Å². The van der Waals surface area contributed by atoms with E-state index in [1.807, 2.05) is 16.9 Å². The SMILES string of the molecule is CC1CCCC(NCCn2cc(-c3ccccc3)cn2)C1. The molecule has 2 aromatic rings. The molecule has 1 heterocycles. The quantitative estimate of drug-likeness (QED) is 0.906. The molecule has 1 fully saturated rings. The summed E-state index contributed by atoms with van der Waals surface area (Å²) in [5.41, 5.74) is 2.43. The third-order valence-corrected chi connectivity index (χ3v) is 4.45. The lowest BCUT2D eigenvalue weighted by molar-refractivity contribution is 0.298. The van der Waals surface area contributed by atoms with Crippen molar-refractivity contribution in [3.8, 4) is 11.1 Å². The second-order valence-electron chi connectivity index (χ2n) is 6.28. The Labute approximate surface area is 127 Å². The fourth-order valence-electron chi connectivity index (χ4n) is 3.27. The van der Waals surface area contributed by atoms with Crippen LogP contribution in [0.25, 0.3) is 11.1 Å². The molecule has 1 N–H and O–H groups in total. The highest BCUT2D eigenvalue weighted by Crippen LogP contribution is 2.23. The Hall–Kier alpha value is -1.61. The van der Waals surface area contributed by atoms with E-state index in [1.54, 1.807) is 0 Å². The Morgan fingerprint density at radius 2 is 2.05 bits per heavy atom. The van der Waals surface area contributed by atoms with Crippen LogP contribution < -0.4 is 5.32 Å². The van der Waals surface area contributed by atoms with Crippen LogP contribution in [0.5, 0.6) is 0 Å². The van der Waals surface area contributed by atoms with Gasteiger partial charge in [-0.05, 0) is 24.3 Å². The van der Waals surface area contributed by atoms with Crippen molar-refractivity contribution in [2.45, 2.75) is 45.2 Å². The standard InChI is InChI=1S/C18H25N3/c1-15-6-5-9-18(12-15)19-10-11-21-14-17(13-20-21)16-7-3-2-4-8-16/h2-4,7-8,13-15,18-19H,5-6,9-12H2,1H3. The lowest BCUT2D eigenvalue weighted by Gasteiger charge is -2.27. The number of rotatable bonds is 5. The maximum atomic E-state index is 4.47. The second kappa shape index (κ2) is 6.90. The molecule has 1 aromatic carbocycles. The Morgan fingerprint density at radius 1 is 1.19 bits per heavy atom. The van der Waals surface area contributed by atoms with E-state index in [1.165, 1.54) is 36.8 Å². The molecule has 0 spiro atoms. The van der Waals surface area contributed by atoms with Gasteiger partial charge in [0, 0.05) is 24.3 Å². The molecule has 0 aliphatic heterocycles. The average molecular weight is 283 g/mol. The van der Waals surface area contributed by atoms with E-state index in [4.69, 9.17) is 0 Å². The topological polar surface area (TPSA) is 29.9 Å². The molecule has 1 aromatic heterocycles. The van der Waals surface area contributed by atoms with Crippen LogP contribution in [0.15, 0.2) is 42.7 Å². The van der Waals surface area contributed by atoms with Gasteiger partial charge in [-0.3, -0.25) is 4.68 Å². The number of nitrogens with one attached hydrogen (secondary N) is 1. The van der Waals surface area contributed by atoms with Gasteiger partial charge in [0.05, 0.1) is 12.7 Å². The summed E-state index contributed by atoms with van der Waals surface area (Å²) >= 11 is 0. The van der Waals surface area contributed by atoms with E-state index in [-0.39, 0.29) is 0 Å². The van der Waals surface area contributed by atoms with Gasteiger partial charge in [-0.25, -0.2) is 0 Å². The summed E-state index contributed by atoms with van der Waals surface area (Å²) in [6, 6.07) is 11.1. The monoisotopic (exact) mass is 283 g/mol. The van der Waals surface area contributed by atoms with Crippen LogP contribution in [-0.4, -0.2) is 22.4 Å². The molecule has 0 amide bonds. The maximum absolute atomic E-state index is 4.47. The van der Waals surface area contributed by atoms with Crippen LogP contribution >= 0.6 is 0 Å². The van der Waals surface area contributed by atoms with Crippen molar-refractivity contribution in [3.63, 3.8) is 0 Å². The molecule has 0 bridgehead atoms. The minimum absolute atomic E-state index is 0.706. The smallest absolute Gasteiger partial charge is 0.0568 e. The fraction of sp³-hybridized carbons (Fsp3) is 0.500. The zero-order valence-corrected chi connectivity index (χ0v) is 12.8. The van der Waals surface area contributed by atoms with Crippen LogP contribution in [0.2, 0.25) is 0 Å². The Kier molecular flexibility index (Phi) is 4.71. The highest BCUT2D eigenvalue weighted by molar-refractivity contribution is 5.61. The van der Waals surface area contributed by atoms with Gasteiger partial charge in [0.15, 0.2) is 0 Å².